The molecule has 130 valence electrons. The molecule has 0 spiro atoms. The number of hydrogen-bond donors (Lipinski definition) is 1. The van der Waals surface area contributed by atoms with Crippen molar-refractivity contribution in [2.75, 3.05) is 14.2 Å². The van der Waals surface area contributed by atoms with Gasteiger partial charge in [0.1, 0.15) is 0 Å². The van der Waals surface area contributed by atoms with Crippen LogP contribution in [0.5, 0.6) is 11.5 Å². The van der Waals surface area contributed by atoms with Crippen LogP contribution in [0.3, 0.4) is 0 Å². The Balaban J connectivity index is 1.63. The topological polar surface area (TPSA) is 59.9 Å². The minimum absolute atomic E-state index is 0.00403. The second-order valence-electron chi connectivity index (χ2n) is 6.10. The number of benzene rings is 2. The molecule has 1 N–H and O–H groups in total. The summed E-state index contributed by atoms with van der Waals surface area (Å²) in [5.74, 6) is 1.56. The normalized spacial score (nSPS) is 19.2. The first-order valence-electron chi connectivity index (χ1n) is 8.25. The minimum atomic E-state index is -0.0336. The molecule has 0 radical (unpaired) electrons. The maximum atomic E-state index is 12.3. The fourth-order valence-electron chi connectivity index (χ4n) is 2.90. The van der Waals surface area contributed by atoms with Crippen molar-refractivity contribution in [1.29, 1.82) is 0 Å². The van der Waals surface area contributed by atoms with E-state index in [0.717, 1.165) is 12.0 Å². The Morgan fingerprint density at radius 3 is 2.48 bits per heavy atom. The zero-order valence-corrected chi connectivity index (χ0v) is 14.7. The number of nitrogens with one attached hydrogen (secondary N) is 1. The average Bonchev–Trinajstić information content (AvgIpc) is 3.47. The molecule has 5 nitrogen and oxygen atoms in total. The first-order chi connectivity index (χ1) is 12.1. The molecular weight excluding hydrogens is 316 g/mol. The van der Waals surface area contributed by atoms with Crippen molar-refractivity contribution >= 4 is 11.6 Å². The van der Waals surface area contributed by atoms with Crippen molar-refractivity contribution in [1.82, 2.24) is 5.43 Å². The molecule has 1 fully saturated rings. The third-order valence-electron chi connectivity index (χ3n) is 4.49. The Morgan fingerprint density at radius 1 is 1.08 bits per heavy atom. The molecule has 0 aliphatic heterocycles. The molecule has 2 atom stereocenters. The van der Waals surface area contributed by atoms with Gasteiger partial charge in [-0.15, -0.1) is 0 Å². The van der Waals surface area contributed by atoms with E-state index in [1.54, 1.807) is 14.2 Å². The second kappa shape index (κ2) is 7.38. The summed E-state index contributed by atoms with van der Waals surface area (Å²) < 4.78 is 10.5. The van der Waals surface area contributed by atoms with Crippen molar-refractivity contribution in [3.05, 3.63) is 59.7 Å². The zero-order chi connectivity index (χ0) is 17.8. The molecule has 5 heteroatoms. The van der Waals surface area contributed by atoms with Gasteiger partial charge >= 0.3 is 0 Å². The summed E-state index contributed by atoms with van der Waals surface area (Å²) in [4.78, 5) is 12.3. The number of ether oxygens (including phenoxy) is 2. The molecule has 2 aromatic carbocycles. The predicted molar refractivity (Wildman–Crippen MR) is 97.2 cm³/mol. The molecule has 1 aliphatic carbocycles. The lowest BCUT2D eigenvalue weighted by molar-refractivity contribution is -0.122. The molecule has 3 rings (SSSR count). The van der Waals surface area contributed by atoms with Gasteiger partial charge in [-0.1, -0.05) is 30.3 Å². The molecule has 0 bridgehead atoms. The van der Waals surface area contributed by atoms with Crippen LogP contribution in [0.25, 0.3) is 0 Å². The SMILES string of the molecule is COc1ccc(/C(C)=N/NC(=O)[C@@H]2C[C@@H]2c2ccccc2)cc1OC. The van der Waals surface area contributed by atoms with Crippen LogP contribution >= 0.6 is 0 Å². The molecule has 1 aliphatic rings. The van der Waals surface area contributed by atoms with Gasteiger partial charge in [0.25, 0.3) is 0 Å². The number of hydrazone groups is 1. The lowest BCUT2D eigenvalue weighted by Gasteiger charge is -2.09. The van der Waals surface area contributed by atoms with Crippen LogP contribution in [-0.2, 0) is 4.79 Å². The fraction of sp³-hybridized carbons (Fsp3) is 0.300. The van der Waals surface area contributed by atoms with Crippen molar-refractivity contribution in [2.24, 2.45) is 11.0 Å². The largest absolute Gasteiger partial charge is 0.493 e. The highest BCUT2D eigenvalue weighted by molar-refractivity contribution is 6.00. The van der Waals surface area contributed by atoms with Gasteiger partial charge in [0.15, 0.2) is 11.5 Å². The predicted octanol–water partition coefficient (Wildman–Crippen LogP) is 3.35. The fourth-order valence-corrected chi connectivity index (χ4v) is 2.90. The molecule has 1 saturated carbocycles. The Labute approximate surface area is 147 Å². The van der Waals surface area contributed by atoms with Crippen molar-refractivity contribution < 1.29 is 14.3 Å². The Bertz CT molecular complexity index is 787. The van der Waals surface area contributed by atoms with Gasteiger partial charge in [-0.25, -0.2) is 5.43 Å². The monoisotopic (exact) mass is 338 g/mol. The smallest absolute Gasteiger partial charge is 0.243 e. The number of methoxy groups -OCH3 is 2. The van der Waals surface area contributed by atoms with Gasteiger partial charge in [-0.3, -0.25) is 4.79 Å². The molecule has 1 amide bonds. The van der Waals surface area contributed by atoms with Crippen LogP contribution in [0.2, 0.25) is 0 Å². The maximum absolute atomic E-state index is 12.3. The minimum Gasteiger partial charge on any atom is -0.493 e. The number of carbonyl (C=O) groups is 1. The van der Waals surface area contributed by atoms with Gasteiger partial charge < -0.3 is 9.47 Å². The van der Waals surface area contributed by atoms with E-state index in [9.17, 15) is 4.79 Å². The van der Waals surface area contributed by atoms with Crippen LogP contribution < -0.4 is 14.9 Å². The number of hydrogen-bond acceptors (Lipinski definition) is 4. The van der Waals surface area contributed by atoms with E-state index in [1.807, 2.05) is 43.3 Å². The number of rotatable bonds is 6. The Morgan fingerprint density at radius 2 is 1.80 bits per heavy atom. The molecule has 0 saturated heterocycles. The summed E-state index contributed by atoms with van der Waals surface area (Å²) in [5.41, 5.74) is 5.48. The Kier molecular flexibility index (Phi) is 5.03. The number of nitrogens with zero attached hydrogens (tertiary/aromatic N) is 1. The molecule has 25 heavy (non-hydrogen) atoms. The van der Waals surface area contributed by atoms with Gasteiger partial charge in [0.2, 0.25) is 5.91 Å². The summed E-state index contributed by atoms with van der Waals surface area (Å²) in [6.45, 7) is 1.85. The summed E-state index contributed by atoms with van der Waals surface area (Å²) in [7, 11) is 3.18. The first-order valence-corrected chi connectivity index (χ1v) is 8.25. The van der Waals surface area contributed by atoms with Crippen LogP contribution in [-0.4, -0.2) is 25.8 Å². The average molecular weight is 338 g/mol. The van der Waals surface area contributed by atoms with Crippen LogP contribution in [0.15, 0.2) is 53.6 Å². The van der Waals surface area contributed by atoms with Gasteiger partial charge in [0.05, 0.1) is 19.9 Å². The quantitative estimate of drug-likeness (QED) is 0.649. The van der Waals surface area contributed by atoms with Crippen LogP contribution in [0, 0.1) is 5.92 Å². The standard InChI is InChI=1S/C20H22N2O3/c1-13(15-9-10-18(24-2)19(11-15)25-3)21-22-20(23)17-12-16(17)14-7-5-4-6-8-14/h4-11,16-17H,12H2,1-3H3,(H,22,23)/b21-13+/t16-,17-/m1/s1. The molecular formula is C20H22N2O3. The summed E-state index contributed by atoms with van der Waals surface area (Å²) in [5, 5.41) is 4.24. The lowest BCUT2D eigenvalue weighted by atomic mass is 10.1. The van der Waals surface area contributed by atoms with E-state index in [-0.39, 0.29) is 11.8 Å². The third kappa shape index (κ3) is 3.82. The highest BCUT2D eigenvalue weighted by Gasteiger charge is 2.43. The highest BCUT2D eigenvalue weighted by Crippen LogP contribution is 2.47. The summed E-state index contributed by atoms with van der Waals surface area (Å²) >= 11 is 0. The lowest BCUT2D eigenvalue weighted by Crippen LogP contribution is -2.21. The van der Waals surface area contributed by atoms with E-state index < -0.39 is 0 Å². The zero-order valence-electron chi connectivity index (χ0n) is 14.7. The van der Waals surface area contributed by atoms with E-state index in [4.69, 9.17) is 9.47 Å². The third-order valence-corrected chi connectivity index (χ3v) is 4.49. The molecule has 0 aromatic heterocycles. The molecule has 2 aromatic rings. The molecule has 0 heterocycles. The van der Waals surface area contributed by atoms with Gasteiger partial charge in [-0.2, -0.15) is 5.10 Å². The van der Waals surface area contributed by atoms with E-state index >= 15 is 0 Å². The van der Waals surface area contributed by atoms with Gasteiger partial charge in [0, 0.05) is 11.5 Å². The summed E-state index contributed by atoms with van der Waals surface area (Å²) in [6.07, 6.45) is 0.876. The van der Waals surface area contributed by atoms with Crippen molar-refractivity contribution in [3.63, 3.8) is 0 Å². The highest BCUT2D eigenvalue weighted by atomic mass is 16.5. The first kappa shape index (κ1) is 17.0. The van der Waals surface area contributed by atoms with Crippen LogP contribution in [0.1, 0.15) is 30.4 Å². The van der Waals surface area contributed by atoms with E-state index in [1.165, 1.54) is 5.56 Å². The van der Waals surface area contributed by atoms with Gasteiger partial charge in [-0.05, 0) is 43.0 Å². The van der Waals surface area contributed by atoms with E-state index in [0.29, 0.717) is 23.1 Å². The number of carbonyl (C=O) groups excluding carboxylic acids is 1. The van der Waals surface area contributed by atoms with E-state index in [2.05, 4.69) is 22.7 Å². The summed E-state index contributed by atoms with van der Waals surface area (Å²) in [6, 6.07) is 15.7. The Hall–Kier alpha value is -2.82. The molecule has 0 unspecified atom stereocenters. The second-order valence-corrected chi connectivity index (χ2v) is 6.10. The van der Waals surface area contributed by atoms with Crippen LogP contribution in [0.4, 0.5) is 0 Å². The van der Waals surface area contributed by atoms with Crippen molar-refractivity contribution in [2.45, 2.75) is 19.3 Å². The maximum Gasteiger partial charge on any atom is 0.243 e. The number of amides is 1. The van der Waals surface area contributed by atoms with Crippen molar-refractivity contribution in [3.8, 4) is 11.5 Å².